The number of hydrogen-bond acceptors (Lipinski definition) is 3. The van der Waals surface area contributed by atoms with Gasteiger partial charge < -0.3 is 4.42 Å². The van der Waals surface area contributed by atoms with Crippen LogP contribution >= 0.6 is 0 Å². The molecule has 2 aromatic rings. The molecule has 3 atom stereocenters. The van der Waals surface area contributed by atoms with Crippen LogP contribution in [0.3, 0.4) is 0 Å². The molecule has 1 fully saturated rings. The molecule has 1 aliphatic heterocycles. The average molecular weight is 283 g/mol. The largest absolute Gasteiger partial charge is 0.468 e. The second-order valence-corrected chi connectivity index (χ2v) is 6.68. The third kappa shape index (κ3) is 2.79. The van der Waals surface area contributed by atoms with Crippen LogP contribution in [0.15, 0.2) is 53.1 Å². The summed E-state index contributed by atoms with van der Waals surface area (Å²) in [6.07, 6.45) is 1.67. The van der Waals surface area contributed by atoms with Crippen molar-refractivity contribution in [2.24, 2.45) is 5.41 Å². The lowest BCUT2D eigenvalue weighted by molar-refractivity contribution is -0.126. The van der Waals surface area contributed by atoms with E-state index in [-0.39, 0.29) is 23.3 Å². The van der Waals surface area contributed by atoms with Gasteiger partial charge in [-0.3, -0.25) is 9.69 Å². The molecule has 1 aromatic heterocycles. The molecule has 3 heteroatoms. The van der Waals surface area contributed by atoms with Gasteiger partial charge in [-0.25, -0.2) is 0 Å². The van der Waals surface area contributed by atoms with Crippen LogP contribution in [0.25, 0.3) is 0 Å². The lowest BCUT2D eigenvalue weighted by atomic mass is 9.87. The molecule has 1 unspecified atom stereocenters. The van der Waals surface area contributed by atoms with Gasteiger partial charge in [-0.05, 0) is 17.7 Å². The predicted octanol–water partition coefficient (Wildman–Crippen LogP) is 3.82. The van der Waals surface area contributed by atoms with E-state index >= 15 is 0 Å². The lowest BCUT2D eigenvalue weighted by Gasteiger charge is -2.16. The zero-order chi connectivity index (χ0) is 15.0. The van der Waals surface area contributed by atoms with Crippen molar-refractivity contribution < 1.29 is 9.21 Å². The van der Waals surface area contributed by atoms with Crippen molar-refractivity contribution in [3.8, 4) is 0 Å². The highest BCUT2D eigenvalue weighted by atomic mass is 16.3. The van der Waals surface area contributed by atoms with Crippen molar-refractivity contribution in [1.82, 2.24) is 4.90 Å². The van der Waals surface area contributed by atoms with Gasteiger partial charge in [0, 0.05) is 12.0 Å². The number of furan rings is 1. The van der Waals surface area contributed by atoms with Gasteiger partial charge in [-0.1, -0.05) is 51.1 Å². The van der Waals surface area contributed by atoms with Crippen molar-refractivity contribution >= 4 is 5.78 Å². The smallest absolute Gasteiger partial charge is 0.157 e. The Morgan fingerprint density at radius 1 is 1.14 bits per heavy atom. The van der Waals surface area contributed by atoms with Gasteiger partial charge in [0.15, 0.2) is 5.78 Å². The molecule has 1 aliphatic rings. The molecule has 0 N–H and O–H groups in total. The van der Waals surface area contributed by atoms with Gasteiger partial charge in [-0.2, -0.15) is 0 Å². The van der Waals surface area contributed by atoms with Gasteiger partial charge in [-0.15, -0.1) is 0 Å². The van der Waals surface area contributed by atoms with Crippen molar-refractivity contribution in [1.29, 1.82) is 0 Å². The summed E-state index contributed by atoms with van der Waals surface area (Å²) in [5.41, 5.74) is 0.888. The Balaban J connectivity index is 1.82. The summed E-state index contributed by atoms with van der Waals surface area (Å²) in [4.78, 5) is 14.9. The first-order valence-corrected chi connectivity index (χ1v) is 7.36. The highest BCUT2D eigenvalue weighted by molar-refractivity contribution is 5.92. The molecule has 1 aromatic carbocycles. The summed E-state index contributed by atoms with van der Waals surface area (Å²) in [6.45, 7) is 6.72. The van der Waals surface area contributed by atoms with E-state index in [2.05, 4.69) is 17.0 Å². The number of carbonyl (C=O) groups excluding carboxylic acids is 1. The molecule has 0 radical (unpaired) electrons. The predicted molar refractivity (Wildman–Crippen MR) is 81.7 cm³/mol. The standard InChI is InChI=1S/C18H21NO2/c1-18(2,3)17(20)16-15(14-10-7-11-21-14)19(16)12-13-8-5-4-6-9-13/h4-11,15-16H,12H2,1-3H3/t15-,16+,19?/m1/s1. The van der Waals surface area contributed by atoms with E-state index in [1.807, 2.05) is 51.1 Å². The van der Waals surface area contributed by atoms with Crippen LogP contribution in [0.1, 0.15) is 38.1 Å². The molecule has 110 valence electrons. The molecule has 3 rings (SSSR count). The van der Waals surface area contributed by atoms with E-state index in [0.717, 1.165) is 12.3 Å². The van der Waals surface area contributed by atoms with Crippen molar-refractivity contribution in [2.75, 3.05) is 0 Å². The minimum absolute atomic E-state index is 0.0728. The molecule has 0 aliphatic carbocycles. The van der Waals surface area contributed by atoms with E-state index < -0.39 is 0 Å². The molecular weight excluding hydrogens is 262 g/mol. The SMILES string of the molecule is CC(C)(C)C(=O)[C@@H]1[C@@H](c2ccco2)N1Cc1ccccc1. The highest BCUT2D eigenvalue weighted by Gasteiger charge is 2.56. The third-order valence-corrected chi connectivity index (χ3v) is 3.97. The molecular formula is C18H21NO2. The Bertz CT molecular complexity index is 610. The maximum absolute atomic E-state index is 12.6. The Hall–Kier alpha value is -1.87. The molecule has 21 heavy (non-hydrogen) atoms. The number of Topliss-reactive ketones (excluding diaryl/α,β-unsaturated/α-hetero) is 1. The molecule has 3 nitrogen and oxygen atoms in total. The molecule has 1 saturated heterocycles. The Kier molecular flexibility index (Phi) is 3.46. The first-order chi connectivity index (χ1) is 9.98. The van der Waals surface area contributed by atoms with E-state index in [4.69, 9.17) is 4.42 Å². The number of benzene rings is 1. The van der Waals surface area contributed by atoms with Crippen LogP contribution in [-0.2, 0) is 11.3 Å². The summed E-state index contributed by atoms with van der Waals surface area (Å²) < 4.78 is 5.52. The summed E-state index contributed by atoms with van der Waals surface area (Å²) in [6, 6.07) is 14.1. The fourth-order valence-corrected chi connectivity index (χ4v) is 2.78. The maximum atomic E-state index is 12.6. The number of ketones is 1. The maximum Gasteiger partial charge on any atom is 0.157 e. The van der Waals surface area contributed by atoms with E-state index in [0.29, 0.717) is 0 Å². The van der Waals surface area contributed by atoms with Crippen LogP contribution in [-0.4, -0.2) is 16.7 Å². The molecule has 0 amide bonds. The molecule has 0 spiro atoms. The van der Waals surface area contributed by atoms with E-state index in [1.165, 1.54) is 5.56 Å². The minimum Gasteiger partial charge on any atom is -0.468 e. The van der Waals surface area contributed by atoms with Gasteiger partial charge in [0.25, 0.3) is 0 Å². The normalized spacial score (nSPS) is 24.8. The van der Waals surface area contributed by atoms with Gasteiger partial charge in [0.1, 0.15) is 5.76 Å². The third-order valence-electron chi connectivity index (χ3n) is 3.97. The summed E-state index contributed by atoms with van der Waals surface area (Å²) >= 11 is 0. The van der Waals surface area contributed by atoms with Crippen LogP contribution in [0, 0.1) is 5.41 Å². The fraction of sp³-hybridized carbons (Fsp3) is 0.389. The second kappa shape index (κ2) is 5.15. The van der Waals surface area contributed by atoms with E-state index in [1.54, 1.807) is 6.26 Å². The minimum atomic E-state index is -0.332. The van der Waals surface area contributed by atoms with Gasteiger partial charge in [0.05, 0.1) is 18.3 Å². The monoisotopic (exact) mass is 283 g/mol. The van der Waals surface area contributed by atoms with E-state index in [9.17, 15) is 4.79 Å². The number of hydrogen-bond donors (Lipinski definition) is 0. The van der Waals surface area contributed by atoms with Crippen molar-refractivity contribution in [2.45, 2.75) is 39.4 Å². The van der Waals surface area contributed by atoms with Gasteiger partial charge >= 0.3 is 0 Å². The highest BCUT2D eigenvalue weighted by Crippen LogP contribution is 2.47. The molecule has 2 heterocycles. The lowest BCUT2D eigenvalue weighted by Crippen LogP contribution is -2.27. The number of rotatable bonds is 4. The summed E-state index contributed by atoms with van der Waals surface area (Å²) in [5.74, 6) is 1.16. The molecule has 0 bridgehead atoms. The van der Waals surface area contributed by atoms with Crippen molar-refractivity contribution in [3.63, 3.8) is 0 Å². The van der Waals surface area contributed by atoms with Gasteiger partial charge in [0.2, 0.25) is 0 Å². The van der Waals surface area contributed by atoms with Crippen LogP contribution in [0.5, 0.6) is 0 Å². The average Bonchev–Trinajstić information content (AvgIpc) is 2.88. The first kappa shape index (κ1) is 14.1. The zero-order valence-corrected chi connectivity index (χ0v) is 12.7. The molecule has 0 saturated carbocycles. The van der Waals surface area contributed by atoms with Crippen molar-refractivity contribution in [3.05, 3.63) is 60.1 Å². The Labute approximate surface area is 125 Å². The van der Waals surface area contributed by atoms with Crippen LogP contribution < -0.4 is 0 Å². The zero-order valence-electron chi connectivity index (χ0n) is 12.7. The van der Waals surface area contributed by atoms with Crippen LogP contribution in [0.2, 0.25) is 0 Å². The fourth-order valence-electron chi connectivity index (χ4n) is 2.78. The number of carbonyl (C=O) groups is 1. The summed E-state index contributed by atoms with van der Waals surface area (Å²) in [5, 5.41) is 0. The first-order valence-electron chi connectivity index (χ1n) is 7.36. The second-order valence-electron chi connectivity index (χ2n) is 6.68. The number of nitrogens with zero attached hydrogens (tertiary/aromatic N) is 1. The topological polar surface area (TPSA) is 33.2 Å². The Morgan fingerprint density at radius 2 is 1.86 bits per heavy atom. The Morgan fingerprint density at radius 3 is 2.43 bits per heavy atom. The summed E-state index contributed by atoms with van der Waals surface area (Å²) in [7, 11) is 0. The quantitative estimate of drug-likeness (QED) is 0.800. The van der Waals surface area contributed by atoms with Crippen LogP contribution in [0.4, 0.5) is 0 Å².